The molecule has 154 valence electrons. The number of hydrogen-bond donors (Lipinski definition) is 1. The molecule has 0 aromatic carbocycles. The zero-order valence-corrected chi connectivity index (χ0v) is 15.2. The van der Waals surface area contributed by atoms with Gasteiger partial charge in [0.15, 0.2) is 0 Å². The predicted octanol–water partition coefficient (Wildman–Crippen LogP) is 2.07. The lowest BCUT2D eigenvalue weighted by atomic mass is 10.1. The Bertz CT molecular complexity index is 705. The van der Waals surface area contributed by atoms with Gasteiger partial charge in [0.2, 0.25) is 11.9 Å². The fourth-order valence-corrected chi connectivity index (χ4v) is 3.62. The van der Waals surface area contributed by atoms with E-state index in [1.165, 1.54) is 4.90 Å². The highest BCUT2D eigenvalue weighted by Gasteiger charge is 2.32. The van der Waals surface area contributed by atoms with Gasteiger partial charge in [-0.1, -0.05) is 0 Å². The molecule has 2 amide bonds. The monoisotopic (exact) mass is 401 g/mol. The van der Waals surface area contributed by atoms with Gasteiger partial charge < -0.3 is 19.8 Å². The Hall–Kier alpha value is -2.59. The van der Waals surface area contributed by atoms with Crippen LogP contribution in [0.4, 0.5) is 23.9 Å². The summed E-state index contributed by atoms with van der Waals surface area (Å²) in [4.78, 5) is 36.0. The van der Waals surface area contributed by atoms with Gasteiger partial charge in [-0.2, -0.15) is 13.2 Å². The van der Waals surface area contributed by atoms with E-state index >= 15 is 0 Å². The summed E-state index contributed by atoms with van der Waals surface area (Å²) in [5, 5.41) is 9.15. The Balaban J connectivity index is 1.47. The molecule has 0 radical (unpaired) electrons. The van der Waals surface area contributed by atoms with Crippen molar-refractivity contribution in [2.45, 2.75) is 37.9 Å². The van der Waals surface area contributed by atoms with Gasteiger partial charge in [0.25, 0.3) is 0 Å². The van der Waals surface area contributed by atoms with E-state index in [0.29, 0.717) is 39.1 Å². The summed E-state index contributed by atoms with van der Waals surface area (Å²) >= 11 is 0. The normalized spacial score (nSPS) is 20.5. The second-order valence-electron chi connectivity index (χ2n) is 6.95. The van der Waals surface area contributed by atoms with Crippen molar-refractivity contribution in [3.8, 4) is 0 Å². The fourth-order valence-electron chi connectivity index (χ4n) is 3.62. The summed E-state index contributed by atoms with van der Waals surface area (Å²) in [5.74, 6) is 0.174. The van der Waals surface area contributed by atoms with E-state index in [2.05, 4.69) is 9.97 Å². The van der Waals surface area contributed by atoms with E-state index in [-0.39, 0.29) is 24.3 Å². The van der Waals surface area contributed by atoms with Gasteiger partial charge in [0, 0.05) is 57.6 Å². The van der Waals surface area contributed by atoms with Crippen LogP contribution in [0.5, 0.6) is 0 Å². The largest absolute Gasteiger partial charge is 0.465 e. The molecular weight excluding hydrogens is 379 g/mol. The summed E-state index contributed by atoms with van der Waals surface area (Å²) in [5.41, 5.74) is -0.896. The topological polar surface area (TPSA) is 89.9 Å². The van der Waals surface area contributed by atoms with E-state index in [4.69, 9.17) is 5.11 Å². The molecule has 3 heterocycles. The summed E-state index contributed by atoms with van der Waals surface area (Å²) in [6.07, 6.45) is -1.52. The number of aromatic nitrogens is 2. The van der Waals surface area contributed by atoms with Crippen LogP contribution in [0.15, 0.2) is 12.4 Å². The second-order valence-corrected chi connectivity index (χ2v) is 6.95. The first-order valence-electron chi connectivity index (χ1n) is 9.17. The lowest BCUT2D eigenvalue weighted by Crippen LogP contribution is -2.49. The molecule has 1 aromatic rings. The summed E-state index contributed by atoms with van der Waals surface area (Å²) in [6, 6.07) is -0.108. The number of piperazine rings is 1. The first-order valence-corrected chi connectivity index (χ1v) is 9.17. The number of hydrogen-bond acceptors (Lipinski definition) is 5. The van der Waals surface area contributed by atoms with E-state index < -0.39 is 17.8 Å². The van der Waals surface area contributed by atoms with Crippen LogP contribution in [-0.2, 0) is 11.0 Å². The number of carbonyl (C=O) groups is 2. The van der Waals surface area contributed by atoms with Crippen molar-refractivity contribution in [2.24, 2.45) is 0 Å². The average molecular weight is 401 g/mol. The maximum atomic E-state index is 12.6. The summed E-state index contributed by atoms with van der Waals surface area (Å²) in [6.45, 7) is 2.23. The molecule has 1 atom stereocenters. The summed E-state index contributed by atoms with van der Waals surface area (Å²) in [7, 11) is 0. The number of amides is 2. The van der Waals surface area contributed by atoms with Gasteiger partial charge in [-0.05, 0) is 19.3 Å². The van der Waals surface area contributed by atoms with Crippen LogP contribution >= 0.6 is 0 Å². The Morgan fingerprint density at radius 2 is 1.75 bits per heavy atom. The predicted molar refractivity (Wildman–Crippen MR) is 92.8 cm³/mol. The highest BCUT2D eigenvalue weighted by Crippen LogP contribution is 2.28. The number of rotatable bonds is 4. The van der Waals surface area contributed by atoms with Gasteiger partial charge in [-0.3, -0.25) is 4.79 Å². The Labute approximate surface area is 159 Å². The molecule has 1 aromatic heterocycles. The SMILES string of the molecule is O=C(CCC1CCCN1C(=O)O)N1CCN(c2ncc(C(F)(F)F)cn2)CC1. The second kappa shape index (κ2) is 8.19. The third-order valence-electron chi connectivity index (χ3n) is 5.20. The molecule has 0 saturated carbocycles. The molecule has 0 bridgehead atoms. The minimum atomic E-state index is -4.47. The maximum absolute atomic E-state index is 12.6. The highest BCUT2D eigenvalue weighted by atomic mass is 19.4. The molecule has 2 aliphatic rings. The van der Waals surface area contributed by atoms with E-state index in [1.807, 2.05) is 0 Å². The third-order valence-corrected chi connectivity index (χ3v) is 5.20. The van der Waals surface area contributed by atoms with Crippen molar-refractivity contribution >= 4 is 17.9 Å². The first kappa shape index (κ1) is 20.2. The van der Waals surface area contributed by atoms with Crippen molar-refractivity contribution in [3.05, 3.63) is 18.0 Å². The van der Waals surface area contributed by atoms with Crippen molar-refractivity contribution in [3.63, 3.8) is 0 Å². The quantitative estimate of drug-likeness (QED) is 0.831. The van der Waals surface area contributed by atoms with Crippen LogP contribution in [0.1, 0.15) is 31.2 Å². The van der Waals surface area contributed by atoms with E-state index in [0.717, 1.165) is 25.2 Å². The molecule has 1 unspecified atom stereocenters. The smallest absolute Gasteiger partial charge is 0.419 e. The lowest BCUT2D eigenvalue weighted by molar-refractivity contribution is -0.138. The minimum Gasteiger partial charge on any atom is -0.465 e. The Morgan fingerprint density at radius 3 is 2.32 bits per heavy atom. The molecule has 2 fully saturated rings. The number of halogens is 3. The molecule has 0 spiro atoms. The molecule has 3 rings (SSSR count). The lowest BCUT2D eigenvalue weighted by Gasteiger charge is -2.35. The number of likely N-dealkylation sites (tertiary alicyclic amines) is 1. The van der Waals surface area contributed by atoms with Crippen molar-refractivity contribution in [1.82, 2.24) is 19.8 Å². The van der Waals surface area contributed by atoms with Crippen LogP contribution < -0.4 is 4.90 Å². The van der Waals surface area contributed by atoms with Crippen molar-refractivity contribution in [2.75, 3.05) is 37.6 Å². The number of carboxylic acid groups (broad SMARTS) is 1. The molecule has 2 saturated heterocycles. The molecule has 1 N–H and O–H groups in total. The fraction of sp³-hybridized carbons (Fsp3) is 0.647. The van der Waals surface area contributed by atoms with Gasteiger partial charge in [0.05, 0.1) is 5.56 Å². The van der Waals surface area contributed by atoms with Crippen LogP contribution in [-0.4, -0.2) is 75.6 Å². The third kappa shape index (κ3) is 4.63. The first-order chi connectivity index (χ1) is 13.3. The minimum absolute atomic E-state index is 0.0368. The van der Waals surface area contributed by atoms with Gasteiger partial charge in [0.1, 0.15) is 0 Å². The molecule has 11 heteroatoms. The van der Waals surface area contributed by atoms with E-state index in [1.54, 1.807) is 9.80 Å². The van der Waals surface area contributed by atoms with Crippen molar-refractivity contribution < 1.29 is 27.9 Å². The maximum Gasteiger partial charge on any atom is 0.419 e. The van der Waals surface area contributed by atoms with E-state index in [9.17, 15) is 22.8 Å². The highest BCUT2D eigenvalue weighted by molar-refractivity contribution is 5.76. The molecule has 28 heavy (non-hydrogen) atoms. The number of nitrogens with zero attached hydrogens (tertiary/aromatic N) is 5. The van der Waals surface area contributed by atoms with Crippen LogP contribution in [0.3, 0.4) is 0 Å². The molecule has 0 aliphatic carbocycles. The average Bonchev–Trinajstić information content (AvgIpc) is 3.15. The Kier molecular flexibility index (Phi) is 5.90. The van der Waals surface area contributed by atoms with Gasteiger partial charge in [-0.25, -0.2) is 14.8 Å². The number of anilines is 1. The number of alkyl halides is 3. The van der Waals surface area contributed by atoms with Crippen LogP contribution in [0.2, 0.25) is 0 Å². The standard InChI is InChI=1S/C17H22F3N5O3/c18-17(19,20)12-10-21-15(22-11-12)24-8-6-23(7-9-24)14(26)4-3-13-2-1-5-25(13)16(27)28/h10-11,13H,1-9H2,(H,27,28). The van der Waals surface area contributed by atoms with Gasteiger partial charge in [-0.15, -0.1) is 0 Å². The van der Waals surface area contributed by atoms with Gasteiger partial charge >= 0.3 is 12.3 Å². The molecule has 8 nitrogen and oxygen atoms in total. The Morgan fingerprint density at radius 1 is 1.11 bits per heavy atom. The van der Waals surface area contributed by atoms with Crippen LogP contribution in [0, 0.1) is 0 Å². The van der Waals surface area contributed by atoms with Crippen LogP contribution in [0.25, 0.3) is 0 Å². The molecular formula is C17H22F3N5O3. The zero-order valence-electron chi connectivity index (χ0n) is 15.2. The zero-order chi connectivity index (χ0) is 20.3. The number of carbonyl (C=O) groups excluding carboxylic acids is 1. The molecule has 2 aliphatic heterocycles. The van der Waals surface area contributed by atoms with Crippen molar-refractivity contribution in [1.29, 1.82) is 0 Å². The summed E-state index contributed by atoms with van der Waals surface area (Å²) < 4.78 is 37.7.